The molecule has 0 saturated carbocycles. The SMILES string of the molecule is CCN(CC)CCCN([C@@H]1CCS(=O)(=O)C1)S(=O)(=O)c1ccc(Cl)cc1. The highest BCUT2D eigenvalue weighted by Crippen LogP contribution is 2.26. The van der Waals surface area contributed by atoms with Crippen LogP contribution in [0.5, 0.6) is 0 Å². The third-order valence-electron chi connectivity index (χ3n) is 4.78. The van der Waals surface area contributed by atoms with Crippen LogP contribution in [-0.2, 0) is 19.9 Å². The Kier molecular flexibility index (Phi) is 7.50. The third kappa shape index (κ3) is 5.42. The van der Waals surface area contributed by atoms with Crippen molar-refractivity contribution in [2.45, 2.75) is 37.6 Å². The molecule has 1 atom stereocenters. The number of nitrogens with zero attached hydrogens (tertiary/aromatic N) is 2. The lowest BCUT2D eigenvalue weighted by molar-refractivity contribution is 0.269. The Balaban J connectivity index is 2.23. The number of hydrogen-bond donors (Lipinski definition) is 0. The second-order valence-corrected chi connectivity index (χ2v) is 11.1. The molecule has 0 unspecified atom stereocenters. The quantitative estimate of drug-likeness (QED) is 0.610. The molecule has 0 aliphatic carbocycles. The highest BCUT2D eigenvalue weighted by atomic mass is 35.5. The Morgan fingerprint density at radius 3 is 2.23 bits per heavy atom. The van der Waals surface area contributed by atoms with E-state index >= 15 is 0 Å². The first-order valence-corrected chi connectivity index (χ1v) is 12.5. The van der Waals surface area contributed by atoms with Gasteiger partial charge in [0.25, 0.3) is 0 Å². The molecule has 0 aromatic heterocycles. The Bertz CT molecular complexity index is 791. The van der Waals surface area contributed by atoms with Gasteiger partial charge in [0.05, 0.1) is 16.4 Å². The molecule has 1 heterocycles. The summed E-state index contributed by atoms with van der Waals surface area (Å²) < 4.78 is 51.4. The van der Waals surface area contributed by atoms with Crippen LogP contribution in [0, 0.1) is 0 Å². The second-order valence-electron chi connectivity index (χ2n) is 6.51. The molecule has 1 aromatic rings. The van der Waals surface area contributed by atoms with Crippen LogP contribution in [0.25, 0.3) is 0 Å². The Morgan fingerprint density at radius 2 is 1.73 bits per heavy atom. The lowest BCUT2D eigenvalue weighted by Gasteiger charge is -2.28. The van der Waals surface area contributed by atoms with E-state index in [-0.39, 0.29) is 16.4 Å². The highest BCUT2D eigenvalue weighted by molar-refractivity contribution is 7.92. The zero-order valence-corrected chi connectivity index (χ0v) is 17.7. The van der Waals surface area contributed by atoms with Crippen molar-refractivity contribution in [2.75, 3.05) is 37.7 Å². The summed E-state index contributed by atoms with van der Waals surface area (Å²) in [6.45, 7) is 7.02. The molecule has 1 aliphatic rings. The summed E-state index contributed by atoms with van der Waals surface area (Å²) in [4.78, 5) is 2.37. The van der Waals surface area contributed by atoms with Gasteiger partial charge in [0.15, 0.2) is 9.84 Å². The third-order valence-corrected chi connectivity index (χ3v) is 8.75. The molecule has 0 bridgehead atoms. The predicted molar refractivity (Wildman–Crippen MR) is 105 cm³/mol. The number of benzene rings is 1. The number of sulfonamides is 1. The van der Waals surface area contributed by atoms with Crippen LogP contribution in [0.15, 0.2) is 29.2 Å². The fourth-order valence-corrected chi connectivity index (χ4v) is 6.88. The maximum atomic E-state index is 13.1. The number of sulfone groups is 1. The van der Waals surface area contributed by atoms with Crippen LogP contribution in [0.4, 0.5) is 0 Å². The number of halogens is 1. The molecule has 1 saturated heterocycles. The zero-order chi connectivity index (χ0) is 19.4. The first-order valence-electron chi connectivity index (χ1n) is 8.89. The van der Waals surface area contributed by atoms with Gasteiger partial charge in [0, 0.05) is 17.6 Å². The first-order chi connectivity index (χ1) is 12.2. The van der Waals surface area contributed by atoms with Gasteiger partial charge in [-0.05, 0) is 56.7 Å². The van der Waals surface area contributed by atoms with Crippen LogP contribution in [0.3, 0.4) is 0 Å². The maximum Gasteiger partial charge on any atom is 0.243 e. The van der Waals surface area contributed by atoms with Gasteiger partial charge in [-0.2, -0.15) is 4.31 Å². The molecule has 26 heavy (non-hydrogen) atoms. The largest absolute Gasteiger partial charge is 0.304 e. The lowest BCUT2D eigenvalue weighted by atomic mass is 10.2. The van der Waals surface area contributed by atoms with E-state index in [0.29, 0.717) is 24.4 Å². The van der Waals surface area contributed by atoms with Gasteiger partial charge in [-0.15, -0.1) is 0 Å². The molecule has 9 heteroatoms. The molecule has 1 aliphatic heterocycles. The smallest absolute Gasteiger partial charge is 0.243 e. The molecular weight excluding hydrogens is 396 g/mol. The fourth-order valence-electron chi connectivity index (χ4n) is 3.23. The average molecular weight is 423 g/mol. The summed E-state index contributed by atoms with van der Waals surface area (Å²) in [6.07, 6.45) is 1.01. The predicted octanol–water partition coefficient (Wildman–Crippen LogP) is 2.25. The van der Waals surface area contributed by atoms with Gasteiger partial charge in [-0.1, -0.05) is 25.4 Å². The van der Waals surface area contributed by atoms with Crippen molar-refractivity contribution in [3.05, 3.63) is 29.3 Å². The van der Waals surface area contributed by atoms with E-state index in [1.165, 1.54) is 28.6 Å². The topological polar surface area (TPSA) is 74.8 Å². The van der Waals surface area contributed by atoms with Crippen LogP contribution in [0.2, 0.25) is 5.02 Å². The molecule has 0 radical (unpaired) electrons. The van der Waals surface area contributed by atoms with E-state index in [4.69, 9.17) is 11.6 Å². The van der Waals surface area contributed by atoms with E-state index in [9.17, 15) is 16.8 Å². The van der Waals surface area contributed by atoms with Crippen molar-refractivity contribution in [3.8, 4) is 0 Å². The average Bonchev–Trinajstić information content (AvgIpc) is 2.94. The van der Waals surface area contributed by atoms with Crippen molar-refractivity contribution in [1.82, 2.24) is 9.21 Å². The molecular formula is C17H27ClN2O4S2. The van der Waals surface area contributed by atoms with Crippen LogP contribution in [0.1, 0.15) is 26.7 Å². The van der Waals surface area contributed by atoms with Gasteiger partial charge in [-0.25, -0.2) is 16.8 Å². The Hall–Kier alpha value is -0.670. The summed E-state index contributed by atoms with van der Waals surface area (Å²) in [6, 6.07) is 5.51. The molecule has 0 N–H and O–H groups in total. The Morgan fingerprint density at radius 1 is 1.12 bits per heavy atom. The maximum absolute atomic E-state index is 13.1. The molecule has 6 nitrogen and oxygen atoms in total. The van der Waals surface area contributed by atoms with Gasteiger partial charge >= 0.3 is 0 Å². The zero-order valence-electron chi connectivity index (χ0n) is 15.3. The van der Waals surface area contributed by atoms with Gasteiger partial charge in [0.1, 0.15) is 0 Å². The van der Waals surface area contributed by atoms with E-state index in [1.807, 2.05) is 0 Å². The second kappa shape index (κ2) is 9.01. The Labute approximate surface area is 162 Å². The molecule has 148 valence electrons. The monoisotopic (exact) mass is 422 g/mol. The standard InChI is InChI=1S/C17H27ClN2O4S2/c1-3-19(4-2)11-5-12-20(16-10-13-25(21,22)14-16)26(23,24)17-8-6-15(18)7-9-17/h6-9,16H,3-5,10-14H2,1-2H3/t16-/m1/s1. The van der Waals surface area contributed by atoms with Crippen LogP contribution >= 0.6 is 11.6 Å². The van der Waals surface area contributed by atoms with E-state index in [1.54, 1.807) is 0 Å². The molecule has 1 fully saturated rings. The lowest BCUT2D eigenvalue weighted by Crippen LogP contribution is -2.42. The minimum Gasteiger partial charge on any atom is -0.304 e. The summed E-state index contributed by atoms with van der Waals surface area (Å²) >= 11 is 5.86. The van der Waals surface area contributed by atoms with E-state index in [2.05, 4.69) is 18.7 Å². The minimum absolute atomic E-state index is 0.0420. The molecule has 2 rings (SSSR count). The van der Waals surface area contributed by atoms with Crippen molar-refractivity contribution in [2.24, 2.45) is 0 Å². The molecule has 1 aromatic carbocycles. The van der Waals surface area contributed by atoms with Crippen LogP contribution < -0.4 is 0 Å². The summed E-state index contributed by atoms with van der Waals surface area (Å²) in [7, 11) is -6.95. The number of hydrogen-bond acceptors (Lipinski definition) is 5. The first kappa shape index (κ1) is 21.6. The van der Waals surface area contributed by atoms with Gasteiger partial charge in [0.2, 0.25) is 10.0 Å². The van der Waals surface area contributed by atoms with Gasteiger partial charge < -0.3 is 4.90 Å². The minimum atomic E-state index is -3.77. The summed E-state index contributed by atoms with van der Waals surface area (Å²) in [5.74, 6) is -0.0640. The molecule has 0 spiro atoms. The van der Waals surface area contributed by atoms with Crippen LogP contribution in [-0.4, -0.2) is 69.8 Å². The molecule has 0 amide bonds. The highest BCUT2D eigenvalue weighted by Gasteiger charge is 2.38. The van der Waals surface area contributed by atoms with Crippen molar-refractivity contribution in [3.63, 3.8) is 0 Å². The van der Waals surface area contributed by atoms with Crippen molar-refractivity contribution >= 4 is 31.5 Å². The normalized spacial score (nSPS) is 20.1. The summed E-state index contributed by atoms with van der Waals surface area (Å²) in [5, 5.41) is 0.459. The van der Waals surface area contributed by atoms with Gasteiger partial charge in [-0.3, -0.25) is 0 Å². The van der Waals surface area contributed by atoms with Crippen molar-refractivity contribution in [1.29, 1.82) is 0 Å². The fraction of sp³-hybridized carbons (Fsp3) is 0.647. The summed E-state index contributed by atoms with van der Waals surface area (Å²) in [5.41, 5.74) is 0. The number of rotatable bonds is 9. The van der Waals surface area contributed by atoms with E-state index in [0.717, 1.165) is 19.6 Å². The van der Waals surface area contributed by atoms with Crippen molar-refractivity contribution < 1.29 is 16.8 Å². The van der Waals surface area contributed by atoms with E-state index < -0.39 is 25.9 Å².